The maximum atomic E-state index is 6.47. The van der Waals surface area contributed by atoms with Crippen LogP contribution in [0.2, 0.25) is 0 Å². The van der Waals surface area contributed by atoms with Crippen LogP contribution in [-0.2, 0) is 0 Å². The Morgan fingerprint density at radius 2 is 1.05 bits per heavy atom. The summed E-state index contributed by atoms with van der Waals surface area (Å²) in [5, 5.41) is 12.1. The van der Waals surface area contributed by atoms with E-state index in [2.05, 4.69) is 101 Å². The Morgan fingerprint density at radius 1 is 0.610 bits per heavy atom. The Bertz CT molecular complexity index is 2340. The van der Waals surface area contributed by atoms with Gasteiger partial charge in [0.15, 0.2) is 0 Å². The van der Waals surface area contributed by atoms with E-state index in [1.165, 1.54) is 59.1 Å². The Morgan fingerprint density at radius 3 is 1.49 bits per heavy atom. The number of benzene rings is 6. The van der Waals surface area contributed by atoms with Crippen LogP contribution in [0.3, 0.4) is 0 Å². The van der Waals surface area contributed by atoms with Gasteiger partial charge in [0.05, 0.1) is 0 Å². The number of nitrogens with one attached hydrogen (secondary N) is 1. The Labute approximate surface area is 267 Å². The van der Waals surface area contributed by atoms with Crippen molar-refractivity contribution in [3.8, 4) is 0 Å². The molecule has 8 aromatic rings. The van der Waals surface area contributed by atoms with E-state index in [0.717, 1.165) is 33.1 Å². The third-order valence-corrected chi connectivity index (χ3v) is 16.7. The zero-order valence-corrected chi connectivity index (χ0v) is 28.4. The fourth-order valence-electron chi connectivity index (χ4n) is 5.87. The molecule has 0 spiro atoms. The molecule has 4 nitrogen and oxygen atoms in total. The molecule has 0 aliphatic carbocycles. The van der Waals surface area contributed by atoms with Crippen LogP contribution in [0.5, 0.6) is 0 Å². The first-order chi connectivity index (χ1) is 20.2. The summed E-state index contributed by atoms with van der Waals surface area (Å²) in [6, 6.07) is 31.9. The normalized spacial score (nSPS) is 16.2. The van der Waals surface area contributed by atoms with E-state index in [1.807, 2.05) is 0 Å². The Hall–Kier alpha value is -2.19. The molecule has 0 bridgehead atoms. The van der Waals surface area contributed by atoms with Gasteiger partial charge in [-0.1, -0.05) is 0 Å². The number of rotatable bonds is 5. The molecule has 9 rings (SSSR count). The van der Waals surface area contributed by atoms with Crippen LogP contribution in [0.1, 0.15) is 6.92 Å². The number of alkyl halides is 3. The summed E-state index contributed by atoms with van der Waals surface area (Å²) in [6.07, 6.45) is 0. The summed E-state index contributed by atoms with van der Waals surface area (Å²) in [5.74, 6) is 0. The Kier molecular flexibility index (Phi) is 6.14. The van der Waals surface area contributed by atoms with Crippen LogP contribution >= 0.6 is 0 Å². The fraction of sp³-hybridized carbons (Fsp3) is 0.118. The second kappa shape index (κ2) is 9.94. The van der Waals surface area contributed by atoms with Crippen LogP contribution in [-0.4, -0.2) is 12.9 Å². The molecule has 0 unspecified atom stereocenters. The standard InChI is InChI=1S/C34H23I3N2O2/c1-2-35-24-5-3-18-9-26-28-11-22-16-33-29(12-23(22)15-32(28)40-30(26)13-20(18)7-24)27-10-19-4-6-25(36-17-34-37-39-38-34)8-21(19)14-31(27)41-33/h3-16,34,39H,2,17H2,1H3/q-4/t34-/m0/s1. The van der Waals surface area contributed by atoms with Crippen molar-refractivity contribution in [1.29, 1.82) is 0 Å². The van der Waals surface area contributed by atoms with Gasteiger partial charge >= 0.3 is 270 Å². The fourth-order valence-corrected chi connectivity index (χ4v) is 12.9. The van der Waals surface area contributed by atoms with Crippen molar-refractivity contribution in [2.45, 2.75) is 11.0 Å². The van der Waals surface area contributed by atoms with Crippen LogP contribution in [0.15, 0.2) is 93.8 Å². The van der Waals surface area contributed by atoms with E-state index >= 15 is 0 Å². The minimum absolute atomic E-state index is 0.0122. The molecule has 2 aromatic heterocycles. The molecule has 1 N–H and O–H groups in total. The van der Waals surface area contributed by atoms with Gasteiger partial charge in [0.1, 0.15) is 0 Å². The quantitative estimate of drug-likeness (QED) is 0.112. The molecule has 206 valence electrons. The van der Waals surface area contributed by atoms with E-state index in [9.17, 15) is 0 Å². The number of halogens is 3. The molecule has 41 heavy (non-hydrogen) atoms. The van der Waals surface area contributed by atoms with E-state index in [1.54, 1.807) is 0 Å². The SMILES string of the molecule is CC[I-]c1ccc2cc3c(cc2c1)oc1cc2cc4c(cc2cc13)oc1cc2cc([I-]C[C@@H]3[N-]N[I-]3)ccc2cc14. The molecule has 0 amide bonds. The Balaban J connectivity index is 1.17. The minimum atomic E-state index is -0.0122. The van der Waals surface area contributed by atoms with Gasteiger partial charge in [-0.15, -0.1) is 0 Å². The molecule has 1 aliphatic heterocycles. The molecule has 1 fully saturated rings. The van der Waals surface area contributed by atoms with Crippen molar-refractivity contribution in [2.75, 3.05) is 8.86 Å². The topological polar surface area (TPSA) is 52.4 Å². The summed E-state index contributed by atoms with van der Waals surface area (Å²) >= 11 is 0.181. The second-order valence-corrected chi connectivity index (χ2v) is 19.3. The molecule has 3 heterocycles. The van der Waals surface area contributed by atoms with Gasteiger partial charge in [0.25, 0.3) is 0 Å². The molecule has 0 radical (unpaired) electrons. The third kappa shape index (κ3) is 4.33. The predicted octanol–water partition coefficient (Wildman–Crippen LogP) is -0.296. The first-order valence-corrected chi connectivity index (χ1v) is 21.1. The van der Waals surface area contributed by atoms with Gasteiger partial charge in [-0.2, -0.15) is 0 Å². The molecule has 1 aliphatic rings. The van der Waals surface area contributed by atoms with Gasteiger partial charge in [-0.05, 0) is 0 Å². The third-order valence-electron chi connectivity index (χ3n) is 7.87. The van der Waals surface area contributed by atoms with Crippen molar-refractivity contribution >= 4 is 76.2 Å². The molecule has 6 aromatic carbocycles. The number of nitrogens with zero attached hydrogens (tertiary/aromatic N) is 1. The number of furan rings is 2. The van der Waals surface area contributed by atoms with Crippen molar-refractivity contribution in [3.63, 3.8) is 0 Å². The van der Waals surface area contributed by atoms with Crippen LogP contribution in [0.4, 0.5) is 0 Å². The number of hydrogen-bond acceptors (Lipinski definition) is 3. The van der Waals surface area contributed by atoms with E-state index in [-0.39, 0.29) is 63.9 Å². The van der Waals surface area contributed by atoms with E-state index in [4.69, 9.17) is 8.83 Å². The van der Waals surface area contributed by atoms with Gasteiger partial charge in [-0.25, -0.2) is 0 Å². The average Bonchev–Trinajstić information content (AvgIpc) is 3.47. The van der Waals surface area contributed by atoms with Gasteiger partial charge in [-0.3, -0.25) is 0 Å². The van der Waals surface area contributed by atoms with E-state index < -0.39 is 0 Å². The summed E-state index contributed by atoms with van der Waals surface area (Å²) in [6.45, 7) is 2.27. The van der Waals surface area contributed by atoms with Crippen molar-refractivity contribution < 1.29 is 72.7 Å². The molecule has 0 saturated carbocycles. The predicted molar refractivity (Wildman–Crippen MR) is 157 cm³/mol. The first kappa shape index (κ1) is 25.3. The van der Waals surface area contributed by atoms with Gasteiger partial charge in [0.2, 0.25) is 0 Å². The summed E-state index contributed by atoms with van der Waals surface area (Å²) in [4.78, 5) is 0. The second-order valence-electron chi connectivity index (χ2n) is 10.4. The average molecular weight is 872 g/mol. The molecular weight excluding hydrogens is 849 g/mol. The molecular formula is C34H23I3N2O2-4. The molecule has 1 saturated heterocycles. The molecule has 7 heteroatoms. The van der Waals surface area contributed by atoms with Crippen LogP contribution in [0, 0.1) is 7.14 Å². The van der Waals surface area contributed by atoms with Gasteiger partial charge in [0, 0.05) is 0 Å². The summed E-state index contributed by atoms with van der Waals surface area (Å²) in [7, 11) is 0. The zero-order chi connectivity index (χ0) is 27.1. The van der Waals surface area contributed by atoms with Crippen molar-refractivity contribution in [3.05, 3.63) is 97.5 Å². The zero-order valence-electron chi connectivity index (χ0n) is 22.0. The van der Waals surface area contributed by atoms with Crippen LogP contribution < -0.4 is 67.5 Å². The van der Waals surface area contributed by atoms with Gasteiger partial charge < -0.3 is 0 Å². The number of fused-ring (bicyclic) bond motifs is 9. The summed E-state index contributed by atoms with van der Waals surface area (Å²) in [5.41, 5.74) is 8.17. The molecule has 1 atom stereocenters. The van der Waals surface area contributed by atoms with Crippen LogP contribution in [0.25, 0.3) is 81.6 Å². The van der Waals surface area contributed by atoms with Crippen molar-refractivity contribution in [2.24, 2.45) is 0 Å². The van der Waals surface area contributed by atoms with E-state index in [0.29, 0.717) is 4.05 Å². The summed E-state index contributed by atoms with van der Waals surface area (Å²) < 4.78 is 22.1. The maximum absolute atomic E-state index is 6.47. The first-order valence-electron chi connectivity index (χ1n) is 13.6. The number of hydrogen-bond donors (Lipinski definition) is 1. The van der Waals surface area contributed by atoms with Crippen molar-refractivity contribution in [1.82, 2.24) is 3.64 Å². The monoisotopic (exact) mass is 872 g/mol.